The molecule has 0 amide bonds. The van der Waals surface area contributed by atoms with Gasteiger partial charge < -0.3 is 10.5 Å². The summed E-state index contributed by atoms with van der Waals surface area (Å²) in [5.74, 6) is -1.86. The molecule has 1 aromatic carbocycles. The van der Waals surface area contributed by atoms with E-state index in [4.69, 9.17) is 22.1 Å². The number of ether oxygens (including phenoxy) is 1. The molecule has 1 unspecified atom stereocenters. The van der Waals surface area contributed by atoms with Crippen LogP contribution in [0.25, 0.3) is 0 Å². The summed E-state index contributed by atoms with van der Waals surface area (Å²) in [6, 6.07) is 4.61. The van der Waals surface area contributed by atoms with E-state index in [9.17, 15) is 13.2 Å². The molecule has 0 saturated heterocycles. The van der Waals surface area contributed by atoms with Crippen LogP contribution in [-0.4, -0.2) is 17.8 Å². The summed E-state index contributed by atoms with van der Waals surface area (Å²) in [5, 5.41) is 0.210. The quantitative estimate of drug-likeness (QED) is 0.824. The van der Waals surface area contributed by atoms with Gasteiger partial charge in [0.2, 0.25) is 0 Å². The van der Waals surface area contributed by atoms with Gasteiger partial charge in [0.25, 0.3) is 0 Å². The molecule has 0 fully saturated rings. The largest absolute Gasteiger partial charge is 0.491 e. The molecule has 1 rings (SSSR count). The molecule has 100 valence electrons. The van der Waals surface area contributed by atoms with Gasteiger partial charge in [0.1, 0.15) is 18.3 Å². The fraction of sp³-hybridized carbons (Fsp3) is 0.300. The number of hydrogen-bond acceptors (Lipinski definition) is 2. The first kappa shape index (κ1) is 15.5. The summed E-state index contributed by atoms with van der Waals surface area (Å²) >= 11 is 13.3. The lowest BCUT2D eigenvalue weighted by atomic mass is 10.1. The molecular formula is C10H8BrClF3NOS. The van der Waals surface area contributed by atoms with E-state index in [1.807, 2.05) is 0 Å². The molecule has 2 nitrogen and oxygen atoms in total. The predicted octanol–water partition coefficient (Wildman–Crippen LogP) is 3.95. The molecule has 0 aliphatic rings. The van der Waals surface area contributed by atoms with Crippen LogP contribution in [0.2, 0.25) is 5.02 Å². The molecule has 18 heavy (non-hydrogen) atoms. The van der Waals surface area contributed by atoms with Gasteiger partial charge in [0.15, 0.2) is 0 Å². The number of thiocarbonyl (C=S) groups is 1. The molecule has 0 bridgehead atoms. The number of alkyl halides is 3. The molecule has 0 heterocycles. The highest BCUT2D eigenvalue weighted by atomic mass is 79.9. The summed E-state index contributed by atoms with van der Waals surface area (Å²) in [7, 11) is 0. The highest BCUT2D eigenvalue weighted by Gasteiger charge is 2.42. The van der Waals surface area contributed by atoms with Gasteiger partial charge in [-0.05, 0) is 18.2 Å². The Morgan fingerprint density at radius 2 is 2.11 bits per heavy atom. The Morgan fingerprint density at radius 1 is 1.50 bits per heavy atom. The molecule has 0 aliphatic carbocycles. The summed E-state index contributed by atoms with van der Waals surface area (Å²) in [4.78, 5) is -0.659. The molecule has 8 heteroatoms. The summed E-state index contributed by atoms with van der Waals surface area (Å²) < 4.78 is 43.3. The van der Waals surface area contributed by atoms with E-state index in [0.717, 1.165) is 0 Å². The van der Waals surface area contributed by atoms with Crippen molar-refractivity contribution in [1.29, 1.82) is 0 Å². The normalized spacial score (nSPS) is 13.2. The van der Waals surface area contributed by atoms with Gasteiger partial charge in [-0.25, -0.2) is 0 Å². The van der Waals surface area contributed by atoms with Gasteiger partial charge in [0, 0.05) is 4.47 Å². The van der Waals surface area contributed by atoms with Crippen molar-refractivity contribution in [2.24, 2.45) is 11.7 Å². The van der Waals surface area contributed by atoms with E-state index in [2.05, 4.69) is 28.1 Å². The second kappa shape index (κ2) is 6.08. The van der Waals surface area contributed by atoms with Gasteiger partial charge in [-0.2, -0.15) is 13.2 Å². The van der Waals surface area contributed by atoms with Gasteiger partial charge in [-0.3, -0.25) is 0 Å². The van der Waals surface area contributed by atoms with Crippen molar-refractivity contribution in [2.45, 2.75) is 6.18 Å². The average Bonchev–Trinajstić information content (AvgIpc) is 2.20. The third-order valence-corrected chi connectivity index (χ3v) is 3.13. The van der Waals surface area contributed by atoms with Crippen LogP contribution in [0, 0.1) is 5.92 Å². The van der Waals surface area contributed by atoms with E-state index in [0.29, 0.717) is 4.47 Å². The number of hydrogen-bond donors (Lipinski definition) is 1. The molecule has 0 radical (unpaired) electrons. The Morgan fingerprint density at radius 3 is 2.61 bits per heavy atom. The van der Waals surface area contributed by atoms with Crippen molar-refractivity contribution >= 4 is 44.7 Å². The first-order chi connectivity index (χ1) is 8.21. The van der Waals surface area contributed by atoms with Gasteiger partial charge in [-0.15, -0.1) is 0 Å². The maximum Gasteiger partial charge on any atom is 0.401 e. The zero-order valence-electron chi connectivity index (χ0n) is 8.80. The summed E-state index contributed by atoms with van der Waals surface area (Å²) in [6.45, 7) is -0.699. The lowest BCUT2D eigenvalue weighted by Gasteiger charge is -2.19. The Labute approximate surface area is 120 Å². The third-order valence-electron chi connectivity index (χ3n) is 2.04. The minimum Gasteiger partial charge on any atom is -0.491 e. The number of benzene rings is 1. The Balaban J connectivity index is 2.79. The molecule has 1 aromatic rings. The summed E-state index contributed by atoms with van der Waals surface area (Å²) in [6.07, 6.45) is -4.54. The van der Waals surface area contributed by atoms with Crippen LogP contribution in [0.5, 0.6) is 5.75 Å². The van der Waals surface area contributed by atoms with Crippen molar-refractivity contribution in [3.8, 4) is 5.75 Å². The average molecular weight is 363 g/mol. The second-order valence-electron chi connectivity index (χ2n) is 3.38. The van der Waals surface area contributed by atoms with Crippen molar-refractivity contribution in [2.75, 3.05) is 6.61 Å². The van der Waals surface area contributed by atoms with Crippen LogP contribution >= 0.6 is 39.7 Å². The Hall–Kier alpha value is -0.530. The maximum atomic E-state index is 12.6. The molecule has 0 saturated carbocycles. The standard InChI is InChI=1S/C10H8BrClF3NOS/c11-5-1-2-7(12)8(3-5)17-4-6(9(16)18)10(13,14)15/h1-3,6H,4H2,(H2,16,18). The summed E-state index contributed by atoms with van der Waals surface area (Å²) in [5.41, 5.74) is 5.04. The molecule has 1 atom stereocenters. The first-order valence-electron chi connectivity index (χ1n) is 4.65. The topological polar surface area (TPSA) is 35.2 Å². The molecular weight excluding hydrogens is 355 g/mol. The van der Waals surface area contributed by atoms with Crippen molar-refractivity contribution in [3.63, 3.8) is 0 Å². The van der Waals surface area contributed by atoms with E-state index in [-0.39, 0.29) is 10.8 Å². The molecule has 0 aromatic heterocycles. The maximum absolute atomic E-state index is 12.6. The van der Waals surface area contributed by atoms with Crippen LogP contribution in [0.4, 0.5) is 13.2 Å². The number of nitrogens with two attached hydrogens (primary N) is 1. The smallest absolute Gasteiger partial charge is 0.401 e. The third kappa shape index (κ3) is 4.29. The molecule has 0 spiro atoms. The minimum absolute atomic E-state index is 0.136. The van der Waals surface area contributed by atoms with E-state index < -0.39 is 23.7 Å². The van der Waals surface area contributed by atoms with Crippen LogP contribution in [0.1, 0.15) is 0 Å². The first-order valence-corrected chi connectivity index (χ1v) is 6.23. The zero-order valence-corrected chi connectivity index (χ0v) is 12.0. The Kier molecular flexibility index (Phi) is 5.24. The van der Waals surface area contributed by atoms with Crippen molar-refractivity contribution < 1.29 is 17.9 Å². The second-order valence-corrected chi connectivity index (χ2v) is 5.18. The van der Waals surface area contributed by atoms with Gasteiger partial charge in [-0.1, -0.05) is 39.7 Å². The fourth-order valence-corrected chi connectivity index (χ4v) is 1.81. The lowest BCUT2D eigenvalue weighted by molar-refractivity contribution is -0.161. The fourth-order valence-electron chi connectivity index (χ4n) is 1.10. The van der Waals surface area contributed by atoms with E-state index in [1.54, 1.807) is 6.07 Å². The van der Waals surface area contributed by atoms with E-state index in [1.165, 1.54) is 12.1 Å². The lowest BCUT2D eigenvalue weighted by Crippen LogP contribution is -2.38. The highest BCUT2D eigenvalue weighted by Crippen LogP contribution is 2.31. The predicted molar refractivity (Wildman–Crippen MR) is 71.0 cm³/mol. The monoisotopic (exact) mass is 361 g/mol. The van der Waals surface area contributed by atoms with Crippen molar-refractivity contribution in [1.82, 2.24) is 0 Å². The number of halogens is 5. The molecule has 0 aliphatic heterocycles. The van der Waals surface area contributed by atoms with Crippen molar-refractivity contribution in [3.05, 3.63) is 27.7 Å². The van der Waals surface area contributed by atoms with Crippen LogP contribution in [0.15, 0.2) is 22.7 Å². The minimum atomic E-state index is -4.54. The number of rotatable bonds is 4. The van der Waals surface area contributed by atoms with Crippen LogP contribution < -0.4 is 10.5 Å². The van der Waals surface area contributed by atoms with Crippen LogP contribution in [-0.2, 0) is 0 Å². The van der Waals surface area contributed by atoms with Gasteiger partial charge >= 0.3 is 6.18 Å². The SMILES string of the molecule is NC(=S)C(COc1cc(Br)ccc1Cl)C(F)(F)F. The van der Waals surface area contributed by atoms with Gasteiger partial charge in [0.05, 0.1) is 10.0 Å². The molecule has 2 N–H and O–H groups in total. The zero-order chi connectivity index (χ0) is 13.9. The Bertz CT molecular complexity index is 455. The van der Waals surface area contributed by atoms with Crippen LogP contribution in [0.3, 0.4) is 0 Å². The highest BCUT2D eigenvalue weighted by molar-refractivity contribution is 9.10. The van der Waals surface area contributed by atoms with E-state index >= 15 is 0 Å².